The third-order valence-corrected chi connectivity index (χ3v) is 9.35. The predicted octanol–water partition coefficient (Wildman–Crippen LogP) is 4.21. The zero-order valence-electron chi connectivity index (χ0n) is 29.6. The Balaban J connectivity index is 1.04. The molecule has 0 radical (unpaired) electrons. The molecule has 0 atom stereocenters. The predicted molar refractivity (Wildman–Crippen MR) is 188 cm³/mol. The van der Waals surface area contributed by atoms with Gasteiger partial charge in [0.25, 0.3) is 0 Å². The van der Waals surface area contributed by atoms with E-state index in [4.69, 9.17) is 24.1 Å². The van der Waals surface area contributed by atoms with Gasteiger partial charge in [-0.25, -0.2) is 9.78 Å². The first kappa shape index (κ1) is 39.8. The van der Waals surface area contributed by atoms with Crippen molar-refractivity contribution in [2.45, 2.75) is 57.0 Å². The number of ether oxygens (including phenoxy) is 4. The third-order valence-electron chi connectivity index (χ3n) is 9.35. The van der Waals surface area contributed by atoms with Gasteiger partial charge in [0.15, 0.2) is 0 Å². The van der Waals surface area contributed by atoms with Crippen molar-refractivity contribution in [2.75, 3.05) is 97.4 Å². The minimum absolute atomic E-state index is 0.138. The molecule has 3 N–H and O–H groups in total. The smallest absolute Gasteiger partial charge is 0.390 e. The summed E-state index contributed by atoms with van der Waals surface area (Å²) in [6.07, 6.45) is 1.24. The van der Waals surface area contributed by atoms with E-state index < -0.39 is 18.6 Å². The lowest BCUT2D eigenvalue weighted by atomic mass is 9.93. The molecule has 2 fully saturated rings. The number of aromatic nitrogens is 3. The summed E-state index contributed by atoms with van der Waals surface area (Å²) in [6, 6.07) is 8.65. The first-order valence-corrected chi connectivity index (χ1v) is 18.1. The van der Waals surface area contributed by atoms with Crippen LogP contribution in [0.5, 0.6) is 0 Å². The Labute approximate surface area is 302 Å². The van der Waals surface area contributed by atoms with E-state index in [1.165, 1.54) is 5.56 Å². The molecule has 2 aromatic heterocycles. The quantitative estimate of drug-likeness (QED) is 0.135. The highest BCUT2D eigenvalue weighted by atomic mass is 19.4. The molecule has 0 amide bonds. The van der Waals surface area contributed by atoms with Crippen molar-refractivity contribution in [1.29, 1.82) is 0 Å². The molecule has 13 nitrogen and oxygen atoms in total. The minimum atomic E-state index is -4.26. The molecule has 1 saturated heterocycles. The molecule has 1 aromatic carbocycles. The highest BCUT2D eigenvalue weighted by Crippen LogP contribution is 2.37. The van der Waals surface area contributed by atoms with E-state index in [1.807, 2.05) is 0 Å². The fraction of sp³-hybridized carbons (Fsp3) is 0.639. The van der Waals surface area contributed by atoms with Crippen LogP contribution < -0.4 is 5.32 Å². The number of anilines is 1. The Bertz CT molecular complexity index is 1510. The standard InChI is InChI=1S/C36H51F3N6O7/c37-36(38,39)9-10-40-35-41-23-31-32(25-45(34(31)42-35)29-5-7-30(46)8-6-29)28-3-1-27(2-4-28)24-44-13-11-43(12-14-44)15-16-49-17-18-50-19-20-51-21-22-52-26-33(47)48/h1-4,23,25,29-30,46H,5-22,24,26H2,(H,47,48)(H,40,41,42). The summed E-state index contributed by atoms with van der Waals surface area (Å²) < 4.78 is 61.7. The monoisotopic (exact) mass is 736 g/mol. The second-order valence-electron chi connectivity index (χ2n) is 13.2. The molecular formula is C36H51F3N6O7. The van der Waals surface area contributed by atoms with Gasteiger partial charge in [-0.05, 0) is 36.8 Å². The van der Waals surface area contributed by atoms with Crippen LogP contribution in [0.2, 0.25) is 0 Å². The summed E-state index contributed by atoms with van der Waals surface area (Å²) in [5, 5.41) is 22.1. The first-order chi connectivity index (χ1) is 25.1. The Kier molecular flexibility index (Phi) is 15.5. The highest BCUT2D eigenvalue weighted by molar-refractivity contribution is 5.94. The summed E-state index contributed by atoms with van der Waals surface area (Å²) >= 11 is 0. The van der Waals surface area contributed by atoms with E-state index >= 15 is 0 Å². The number of hydrogen-bond donors (Lipinski definition) is 3. The van der Waals surface area contributed by atoms with Crippen LogP contribution in [0.3, 0.4) is 0 Å². The molecule has 288 valence electrons. The van der Waals surface area contributed by atoms with Gasteiger partial charge in [-0.2, -0.15) is 18.2 Å². The van der Waals surface area contributed by atoms with Crippen molar-refractivity contribution in [3.05, 3.63) is 42.2 Å². The van der Waals surface area contributed by atoms with Crippen LogP contribution in [-0.4, -0.2) is 145 Å². The van der Waals surface area contributed by atoms with E-state index in [1.54, 1.807) is 6.20 Å². The van der Waals surface area contributed by atoms with Crippen LogP contribution in [-0.2, 0) is 30.3 Å². The number of fused-ring (bicyclic) bond motifs is 1. The SMILES string of the molecule is O=C(O)COCCOCCOCCOCCN1CCN(Cc2ccc(-c3cn(C4CCC(O)CC4)c4nc(NCCC(F)(F)F)ncc34)cc2)CC1. The topological polar surface area (TPSA) is 144 Å². The third kappa shape index (κ3) is 12.9. The number of piperazine rings is 1. The van der Waals surface area contributed by atoms with Gasteiger partial charge in [0.05, 0.1) is 58.8 Å². The van der Waals surface area contributed by atoms with Gasteiger partial charge in [-0.3, -0.25) is 9.80 Å². The van der Waals surface area contributed by atoms with Crippen LogP contribution in [0, 0.1) is 0 Å². The molecule has 16 heteroatoms. The molecule has 52 heavy (non-hydrogen) atoms. The van der Waals surface area contributed by atoms with E-state index in [-0.39, 0.29) is 37.9 Å². The number of carboxylic acids is 1. The Hall–Kier alpha value is -3.38. The summed E-state index contributed by atoms with van der Waals surface area (Å²) in [5.41, 5.74) is 3.90. The van der Waals surface area contributed by atoms with Crippen molar-refractivity contribution < 1.29 is 47.1 Å². The molecule has 1 aliphatic heterocycles. The van der Waals surface area contributed by atoms with E-state index in [0.29, 0.717) is 58.1 Å². The fourth-order valence-corrected chi connectivity index (χ4v) is 6.51. The number of rotatable bonds is 21. The molecule has 0 spiro atoms. The second-order valence-corrected chi connectivity index (χ2v) is 13.2. The van der Waals surface area contributed by atoms with Crippen molar-refractivity contribution in [3.8, 4) is 11.1 Å². The zero-order valence-corrected chi connectivity index (χ0v) is 29.6. The van der Waals surface area contributed by atoms with Gasteiger partial charge < -0.3 is 39.0 Å². The fourth-order valence-electron chi connectivity index (χ4n) is 6.51. The lowest BCUT2D eigenvalue weighted by Gasteiger charge is -2.34. The van der Waals surface area contributed by atoms with Crippen LogP contribution in [0.4, 0.5) is 19.1 Å². The van der Waals surface area contributed by atoms with E-state index in [9.17, 15) is 23.1 Å². The summed E-state index contributed by atoms with van der Waals surface area (Å²) in [6.45, 7) is 8.03. The van der Waals surface area contributed by atoms with E-state index in [2.05, 4.69) is 60.1 Å². The van der Waals surface area contributed by atoms with Gasteiger partial charge in [0.2, 0.25) is 5.95 Å². The number of hydrogen-bond acceptors (Lipinski definition) is 11. The van der Waals surface area contributed by atoms with Crippen LogP contribution in [0.15, 0.2) is 36.7 Å². The maximum Gasteiger partial charge on any atom is 0.390 e. The molecule has 0 unspecified atom stereocenters. The average Bonchev–Trinajstić information content (AvgIpc) is 3.50. The molecule has 0 bridgehead atoms. The number of alkyl halides is 3. The molecule has 5 rings (SSSR count). The van der Waals surface area contributed by atoms with Gasteiger partial charge in [-0.1, -0.05) is 24.3 Å². The average molecular weight is 737 g/mol. The number of aliphatic hydroxyl groups is 1. The van der Waals surface area contributed by atoms with Crippen molar-refractivity contribution in [1.82, 2.24) is 24.3 Å². The Morgan fingerprint density at radius 3 is 2.12 bits per heavy atom. The van der Waals surface area contributed by atoms with Gasteiger partial charge in [-0.15, -0.1) is 0 Å². The van der Waals surface area contributed by atoms with Gasteiger partial charge in [0.1, 0.15) is 12.3 Å². The van der Waals surface area contributed by atoms with Gasteiger partial charge >= 0.3 is 12.1 Å². The Morgan fingerprint density at radius 2 is 1.48 bits per heavy atom. The van der Waals surface area contributed by atoms with Crippen molar-refractivity contribution >= 4 is 23.0 Å². The summed E-state index contributed by atoms with van der Waals surface area (Å²) in [4.78, 5) is 24.2. The molecular weight excluding hydrogens is 685 g/mol. The number of nitrogens with zero attached hydrogens (tertiary/aromatic N) is 5. The number of benzene rings is 1. The maximum absolute atomic E-state index is 12.7. The normalized spacial score (nSPS) is 19.0. The largest absolute Gasteiger partial charge is 0.480 e. The number of nitrogens with one attached hydrogen (secondary N) is 1. The lowest BCUT2D eigenvalue weighted by molar-refractivity contribution is -0.142. The number of halogens is 3. The Morgan fingerprint density at radius 1 is 0.865 bits per heavy atom. The minimum Gasteiger partial charge on any atom is -0.480 e. The van der Waals surface area contributed by atoms with Crippen LogP contribution in [0.25, 0.3) is 22.2 Å². The summed E-state index contributed by atoms with van der Waals surface area (Å²) in [5.74, 6) is -0.826. The zero-order chi connectivity index (χ0) is 36.8. The van der Waals surface area contributed by atoms with Crippen molar-refractivity contribution in [2.24, 2.45) is 0 Å². The lowest BCUT2D eigenvalue weighted by Crippen LogP contribution is -2.46. The molecule has 1 saturated carbocycles. The highest BCUT2D eigenvalue weighted by Gasteiger charge is 2.27. The number of carboxylic acid groups (broad SMARTS) is 1. The van der Waals surface area contributed by atoms with Crippen LogP contribution in [0.1, 0.15) is 43.7 Å². The molecule has 3 aromatic rings. The summed E-state index contributed by atoms with van der Waals surface area (Å²) in [7, 11) is 0. The second kappa shape index (κ2) is 20.2. The number of aliphatic carboxylic acids is 1. The molecule has 2 aliphatic rings. The van der Waals surface area contributed by atoms with Gasteiger partial charge in [0, 0.05) is 75.2 Å². The molecule has 3 heterocycles. The maximum atomic E-state index is 12.7. The molecule has 1 aliphatic carbocycles. The number of aliphatic hydroxyl groups excluding tert-OH is 1. The van der Waals surface area contributed by atoms with Crippen LogP contribution >= 0.6 is 0 Å². The van der Waals surface area contributed by atoms with Crippen molar-refractivity contribution in [3.63, 3.8) is 0 Å². The first-order valence-electron chi connectivity index (χ1n) is 18.1. The number of carbonyl (C=O) groups is 1. The van der Waals surface area contributed by atoms with E-state index in [0.717, 1.165) is 68.6 Å².